The summed E-state index contributed by atoms with van der Waals surface area (Å²) in [5.74, 6) is -0.279. The fraction of sp³-hybridized carbons (Fsp3) is 0.429. The van der Waals surface area contributed by atoms with Crippen molar-refractivity contribution in [2.24, 2.45) is 0 Å². The van der Waals surface area contributed by atoms with Crippen LogP contribution in [-0.4, -0.2) is 31.4 Å². The topological polar surface area (TPSA) is 96.2 Å². The van der Waals surface area contributed by atoms with E-state index >= 15 is 0 Å². The van der Waals surface area contributed by atoms with E-state index < -0.39 is 6.04 Å². The maximum atomic E-state index is 11.8. The molecule has 6 heteroatoms. The summed E-state index contributed by atoms with van der Waals surface area (Å²) >= 11 is 0. The lowest BCUT2D eigenvalue weighted by atomic mass is 10.1. The third-order valence-corrected chi connectivity index (χ3v) is 2.86. The van der Waals surface area contributed by atoms with E-state index in [1.54, 1.807) is 32.2 Å². The van der Waals surface area contributed by atoms with Crippen molar-refractivity contribution in [3.05, 3.63) is 23.8 Å². The fourth-order valence-electron chi connectivity index (χ4n) is 1.68. The second-order valence-corrected chi connectivity index (χ2v) is 4.54. The van der Waals surface area contributed by atoms with Crippen molar-refractivity contribution in [2.45, 2.75) is 26.3 Å². The van der Waals surface area contributed by atoms with Crippen LogP contribution in [0, 0.1) is 0 Å². The number of benzene rings is 1. The maximum absolute atomic E-state index is 11.8. The van der Waals surface area contributed by atoms with Crippen LogP contribution >= 0.6 is 0 Å². The van der Waals surface area contributed by atoms with Crippen LogP contribution in [0.1, 0.15) is 30.6 Å². The number of hydrogen-bond acceptors (Lipinski definition) is 4. The Morgan fingerprint density at radius 1 is 1.35 bits per heavy atom. The normalized spacial score (nSPS) is 11.6. The molecule has 20 heavy (non-hydrogen) atoms. The first kappa shape index (κ1) is 15.8. The number of nitrogens with one attached hydrogen (secondary N) is 3. The lowest BCUT2D eigenvalue weighted by Gasteiger charge is -2.17. The van der Waals surface area contributed by atoms with Crippen molar-refractivity contribution < 1.29 is 9.59 Å². The molecule has 0 saturated carbocycles. The van der Waals surface area contributed by atoms with Gasteiger partial charge in [0.2, 0.25) is 5.91 Å². The Morgan fingerprint density at radius 2 is 2.05 bits per heavy atom. The van der Waals surface area contributed by atoms with Crippen molar-refractivity contribution in [3.8, 4) is 0 Å². The minimum Gasteiger partial charge on any atom is -0.397 e. The summed E-state index contributed by atoms with van der Waals surface area (Å²) in [5.41, 5.74) is 7.44. The number of nitrogens with two attached hydrogens (primary N) is 1. The average Bonchev–Trinajstić information content (AvgIpc) is 2.45. The molecule has 0 aliphatic rings. The first-order valence-corrected chi connectivity index (χ1v) is 6.65. The molecule has 1 atom stereocenters. The zero-order valence-corrected chi connectivity index (χ0v) is 12.1. The third-order valence-electron chi connectivity index (χ3n) is 2.86. The van der Waals surface area contributed by atoms with Gasteiger partial charge in [-0.1, -0.05) is 6.92 Å². The zero-order valence-electron chi connectivity index (χ0n) is 12.1. The molecule has 0 aliphatic carbocycles. The molecule has 2 amide bonds. The summed E-state index contributed by atoms with van der Waals surface area (Å²) < 4.78 is 0. The van der Waals surface area contributed by atoms with E-state index in [2.05, 4.69) is 16.0 Å². The summed E-state index contributed by atoms with van der Waals surface area (Å²) in [6, 6.07) is 4.55. The minimum atomic E-state index is -0.394. The smallest absolute Gasteiger partial charge is 0.251 e. The predicted molar refractivity (Wildman–Crippen MR) is 80.6 cm³/mol. The Kier molecular flexibility index (Phi) is 5.83. The van der Waals surface area contributed by atoms with Crippen LogP contribution in [0.4, 0.5) is 11.4 Å². The summed E-state index contributed by atoms with van der Waals surface area (Å²) in [6.07, 6.45) is 0.890. The van der Waals surface area contributed by atoms with Gasteiger partial charge < -0.3 is 21.7 Å². The van der Waals surface area contributed by atoms with Crippen molar-refractivity contribution in [1.82, 2.24) is 10.6 Å². The molecule has 1 rings (SSSR count). The Hall–Kier alpha value is -2.24. The molecule has 0 aliphatic heterocycles. The summed E-state index contributed by atoms with van der Waals surface area (Å²) in [7, 11) is 1.56. The first-order chi connectivity index (χ1) is 9.49. The van der Waals surface area contributed by atoms with Crippen LogP contribution < -0.4 is 21.7 Å². The van der Waals surface area contributed by atoms with Gasteiger partial charge in [0.25, 0.3) is 5.91 Å². The Morgan fingerprint density at radius 3 is 2.60 bits per heavy atom. The monoisotopic (exact) mass is 278 g/mol. The molecular formula is C14H22N4O2. The molecule has 0 saturated heterocycles. The van der Waals surface area contributed by atoms with Gasteiger partial charge in [0.05, 0.1) is 11.4 Å². The van der Waals surface area contributed by atoms with Gasteiger partial charge in [-0.25, -0.2) is 0 Å². The highest BCUT2D eigenvalue weighted by molar-refractivity contribution is 5.96. The molecule has 6 nitrogen and oxygen atoms in total. The Labute approximate surface area is 119 Å². The summed E-state index contributed by atoms with van der Waals surface area (Å²) in [6.45, 7) is 4.40. The largest absolute Gasteiger partial charge is 0.397 e. The first-order valence-electron chi connectivity index (χ1n) is 6.65. The van der Waals surface area contributed by atoms with Crippen LogP contribution in [0.3, 0.4) is 0 Å². The molecule has 1 unspecified atom stereocenters. The minimum absolute atomic E-state index is 0.0818. The van der Waals surface area contributed by atoms with Gasteiger partial charge in [-0.05, 0) is 31.5 Å². The second-order valence-electron chi connectivity index (χ2n) is 4.54. The van der Waals surface area contributed by atoms with Gasteiger partial charge in [0.15, 0.2) is 0 Å². The lowest BCUT2D eigenvalue weighted by Crippen LogP contribution is -2.38. The summed E-state index contributed by atoms with van der Waals surface area (Å²) in [4.78, 5) is 23.2. The highest BCUT2D eigenvalue weighted by Gasteiger charge is 2.13. The Balaban J connectivity index is 2.73. The van der Waals surface area contributed by atoms with E-state index in [1.165, 1.54) is 0 Å². The van der Waals surface area contributed by atoms with E-state index in [1.807, 2.05) is 6.92 Å². The highest BCUT2D eigenvalue weighted by atomic mass is 16.2. The number of nitrogen functional groups attached to an aromatic ring is 1. The third kappa shape index (κ3) is 4.15. The van der Waals surface area contributed by atoms with Crippen LogP contribution in [0.15, 0.2) is 18.2 Å². The molecule has 0 spiro atoms. The molecule has 1 aromatic carbocycles. The van der Waals surface area contributed by atoms with E-state index in [4.69, 9.17) is 5.73 Å². The molecule has 5 N–H and O–H groups in total. The van der Waals surface area contributed by atoms with Gasteiger partial charge in [-0.15, -0.1) is 0 Å². The Bertz CT molecular complexity index is 488. The van der Waals surface area contributed by atoms with Gasteiger partial charge >= 0.3 is 0 Å². The highest BCUT2D eigenvalue weighted by Crippen LogP contribution is 2.20. The van der Waals surface area contributed by atoms with Gasteiger partial charge in [-0.2, -0.15) is 0 Å². The second kappa shape index (κ2) is 7.37. The van der Waals surface area contributed by atoms with E-state index in [9.17, 15) is 9.59 Å². The van der Waals surface area contributed by atoms with E-state index in [0.29, 0.717) is 23.5 Å². The number of hydrogen-bond donors (Lipinski definition) is 4. The van der Waals surface area contributed by atoms with Crippen molar-refractivity contribution in [3.63, 3.8) is 0 Å². The molecule has 0 fully saturated rings. The molecule has 0 bridgehead atoms. The number of carbonyl (C=O) groups excluding carboxylic acids is 2. The molecule has 110 valence electrons. The maximum Gasteiger partial charge on any atom is 0.251 e. The molecule has 0 heterocycles. The molecule has 0 radical (unpaired) electrons. The van der Waals surface area contributed by atoms with Gasteiger partial charge in [-0.3, -0.25) is 9.59 Å². The average molecular weight is 278 g/mol. The standard InChI is InChI=1S/C14H22N4O2/c1-4-7-17-13(19)9(2)18-12-6-5-10(8-11(12)15)14(20)16-3/h5-6,8-9,18H,4,7,15H2,1-3H3,(H,16,20)(H,17,19). The van der Waals surface area contributed by atoms with E-state index in [-0.39, 0.29) is 11.8 Å². The van der Waals surface area contributed by atoms with Crippen LogP contribution in [-0.2, 0) is 4.79 Å². The van der Waals surface area contributed by atoms with E-state index in [0.717, 1.165) is 6.42 Å². The van der Waals surface area contributed by atoms with Crippen molar-refractivity contribution in [2.75, 3.05) is 24.6 Å². The molecule has 1 aromatic rings. The van der Waals surface area contributed by atoms with Gasteiger partial charge in [0.1, 0.15) is 6.04 Å². The molecule has 0 aromatic heterocycles. The van der Waals surface area contributed by atoms with Crippen LogP contribution in [0.2, 0.25) is 0 Å². The number of rotatable bonds is 6. The number of carbonyl (C=O) groups is 2. The quantitative estimate of drug-likeness (QED) is 0.583. The lowest BCUT2D eigenvalue weighted by molar-refractivity contribution is -0.121. The van der Waals surface area contributed by atoms with Crippen LogP contribution in [0.5, 0.6) is 0 Å². The predicted octanol–water partition coefficient (Wildman–Crippen LogP) is 0.955. The number of amides is 2. The van der Waals surface area contributed by atoms with Crippen molar-refractivity contribution >= 4 is 23.2 Å². The SMILES string of the molecule is CCCNC(=O)C(C)Nc1ccc(C(=O)NC)cc1N. The zero-order chi connectivity index (χ0) is 15.1. The molecular weight excluding hydrogens is 256 g/mol. The summed E-state index contributed by atoms with van der Waals surface area (Å²) in [5, 5.41) is 8.37. The van der Waals surface area contributed by atoms with Crippen LogP contribution in [0.25, 0.3) is 0 Å². The van der Waals surface area contributed by atoms with Crippen molar-refractivity contribution in [1.29, 1.82) is 0 Å². The van der Waals surface area contributed by atoms with Gasteiger partial charge in [0, 0.05) is 19.2 Å². The number of anilines is 2. The fourth-order valence-corrected chi connectivity index (χ4v) is 1.68.